The number of hydrogen-bond acceptors (Lipinski definition) is 1. The molecule has 1 rings (SSSR count). The van der Waals surface area contributed by atoms with Crippen LogP contribution in [0.4, 0.5) is 0 Å². The molecule has 0 fully saturated rings. The van der Waals surface area contributed by atoms with Crippen LogP contribution in [-0.2, 0) is 6.54 Å². The van der Waals surface area contributed by atoms with Gasteiger partial charge in [0.05, 0.1) is 0 Å². The normalized spacial score (nSPS) is 11.1. The van der Waals surface area contributed by atoms with Gasteiger partial charge in [-0.2, -0.15) is 0 Å². The summed E-state index contributed by atoms with van der Waals surface area (Å²) in [5.41, 5.74) is 1.22. The van der Waals surface area contributed by atoms with E-state index >= 15 is 0 Å². The maximum absolute atomic E-state index is 6.74. The Balaban J connectivity index is 0.00000144. The van der Waals surface area contributed by atoms with Crippen LogP contribution in [0.25, 0.3) is 4.85 Å². The topological polar surface area (TPSA) is 16.4 Å². The quantitative estimate of drug-likeness (QED) is 0.804. The molecular formula is C10H13BrN2. The number of nitrogens with zero attached hydrogens (tertiary/aromatic N) is 1. The van der Waals surface area contributed by atoms with Gasteiger partial charge in [0.1, 0.15) is 0 Å². The second-order valence-corrected chi connectivity index (χ2v) is 2.67. The van der Waals surface area contributed by atoms with Crippen LogP contribution >= 0.6 is 17.0 Å². The minimum absolute atomic E-state index is 0. The minimum Gasteiger partial charge on any atom is -0.297 e. The van der Waals surface area contributed by atoms with Crippen molar-refractivity contribution in [1.29, 1.82) is 0 Å². The van der Waals surface area contributed by atoms with Crippen molar-refractivity contribution in [2.75, 3.05) is 0 Å². The van der Waals surface area contributed by atoms with E-state index in [1.165, 1.54) is 5.56 Å². The number of benzene rings is 1. The summed E-state index contributed by atoms with van der Waals surface area (Å²) >= 11 is 0. The maximum atomic E-state index is 6.74. The van der Waals surface area contributed by atoms with Crippen LogP contribution in [0.5, 0.6) is 0 Å². The summed E-state index contributed by atoms with van der Waals surface area (Å²) in [5, 5.41) is 3.09. The highest BCUT2D eigenvalue weighted by Gasteiger charge is 2.00. The van der Waals surface area contributed by atoms with Crippen molar-refractivity contribution in [1.82, 2.24) is 5.32 Å². The van der Waals surface area contributed by atoms with E-state index in [-0.39, 0.29) is 23.1 Å². The van der Waals surface area contributed by atoms with Crippen LogP contribution in [-0.4, -0.2) is 6.17 Å². The number of rotatable bonds is 3. The fourth-order valence-electron chi connectivity index (χ4n) is 0.907. The van der Waals surface area contributed by atoms with Crippen LogP contribution < -0.4 is 5.32 Å². The van der Waals surface area contributed by atoms with Crippen molar-refractivity contribution in [3.63, 3.8) is 0 Å². The highest BCUT2D eigenvalue weighted by molar-refractivity contribution is 8.93. The van der Waals surface area contributed by atoms with Crippen LogP contribution in [0.2, 0.25) is 0 Å². The molecule has 0 aromatic heterocycles. The summed E-state index contributed by atoms with van der Waals surface area (Å²) in [7, 11) is 0. The molecule has 1 unspecified atom stereocenters. The summed E-state index contributed by atoms with van der Waals surface area (Å²) in [6.07, 6.45) is -0.0924. The Morgan fingerprint density at radius 1 is 1.38 bits per heavy atom. The first kappa shape index (κ1) is 12.2. The molecule has 0 radical (unpaired) electrons. The predicted molar refractivity (Wildman–Crippen MR) is 59.7 cm³/mol. The van der Waals surface area contributed by atoms with Gasteiger partial charge in [-0.3, -0.25) is 4.85 Å². The largest absolute Gasteiger partial charge is 0.297 e. The molecule has 1 N–H and O–H groups in total. The molecule has 0 heterocycles. The molecule has 0 amide bonds. The highest BCUT2D eigenvalue weighted by Crippen LogP contribution is 1.97. The van der Waals surface area contributed by atoms with Crippen LogP contribution in [0, 0.1) is 6.57 Å². The van der Waals surface area contributed by atoms with Gasteiger partial charge in [-0.1, -0.05) is 30.3 Å². The molecule has 1 atom stereocenters. The van der Waals surface area contributed by atoms with E-state index in [0.717, 1.165) is 6.54 Å². The van der Waals surface area contributed by atoms with Crippen LogP contribution in [0.15, 0.2) is 30.3 Å². The standard InChI is InChI=1S/C10H12N2.BrH/c1-9(11-2)12-8-10-6-4-3-5-7-10;/h3-7,9,12H,8H2,1H3;1H. The lowest BCUT2D eigenvalue weighted by atomic mass is 10.2. The number of halogens is 1. The molecule has 0 aliphatic heterocycles. The highest BCUT2D eigenvalue weighted by atomic mass is 79.9. The molecule has 70 valence electrons. The van der Waals surface area contributed by atoms with E-state index in [2.05, 4.69) is 10.2 Å². The smallest absolute Gasteiger partial charge is 0.274 e. The first-order valence-electron chi connectivity index (χ1n) is 3.97. The molecule has 13 heavy (non-hydrogen) atoms. The van der Waals surface area contributed by atoms with E-state index in [9.17, 15) is 0 Å². The average Bonchev–Trinajstić information content (AvgIpc) is 2.16. The summed E-state index contributed by atoms with van der Waals surface area (Å²) in [6.45, 7) is 9.36. The van der Waals surface area contributed by atoms with Crippen molar-refractivity contribution >= 4 is 17.0 Å². The molecule has 0 spiro atoms. The molecule has 0 bridgehead atoms. The van der Waals surface area contributed by atoms with Crippen molar-refractivity contribution in [2.45, 2.75) is 19.6 Å². The van der Waals surface area contributed by atoms with Gasteiger partial charge >= 0.3 is 0 Å². The van der Waals surface area contributed by atoms with Gasteiger partial charge in [0.25, 0.3) is 6.17 Å². The summed E-state index contributed by atoms with van der Waals surface area (Å²) < 4.78 is 0. The molecular weight excluding hydrogens is 228 g/mol. The average molecular weight is 241 g/mol. The molecule has 0 saturated heterocycles. The number of nitrogens with one attached hydrogen (secondary N) is 1. The second kappa shape index (κ2) is 6.64. The maximum Gasteiger partial charge on any atom is 0.274 e. The number of hydrogen-bond donors (Lipinski definition) is 1. The van der Waals surface area contributed by atoms with Crippen LogP contribution in [0.3, 0.4) is 0 Å². The Bertz CT molecular complexity index is 266. The van der Waals surface area contributed by atoms with Gasteiger partial charge in [-0.25, -0.2) is 11.9 Å². The van der Waals surface area contributed by atoms with E-state index in [1.807, 2.05) is 37.3 Å². The summed E-state index contributed by atoms with van der Waals surface area (Å²) in [4.78, 5) is 3.34. The Morgan fingerprint density at radius 2 is 2.00 bits per heavy atom. The van der Waals surface area contributed by atoms with Gasteiger partial charge < -0.3 is 0 Å². The molecule has 1 aromatic rings. The van der Waals surface area contributed by atoms with Crippen LogP contribution in [0.1, 0.15) is 12.5 Å². The Kier molecular flexibility index (Phi) is 6.21. The predicted octanol–water partition coefficient (Wildman–Crippen LogP) is 2.62. The molecule has 0 aliphatic rings. The van der Waals surface area contributed by atoms with Crippen molar-refractivity contribution < 1.29 is 0 Å². The lowest BCUT2D eigenvalue weighted by molar-refractivity contribution is 0.630. The van der Waals surface area contributed by atoms with E-state index in [4.69, 9.17) is 6.57 Å². The van der Waals surface area contributed by atoms with Crippen molar-refractivity contribution in [3.05, 3.63) is 47.3 Å². The Morgan fingerprint density at radius 3 is 2.54 bits per heavy atom. The molecule has 3 heteroatoms. The van der Waals surface area contributed by atoms with Gasteiger partial charge in [0.2, 0.25) is 0 Å². The first-order valence-corrected chi connectivity index (χ1v) is 3.97. The van der Waals surface area contributed by atoms with E-state index in [0.29, 0.717) is 0 Å². The zero-order valence-electron chi connectivity index (χ0n) is 7.53. The van der Waals surface area contributed by atoms with E-state index < -0.39 is 0 Å². The fourth-order valence-corrected chi connectivity index (χ4v) is 0.907. The molecule has 0 aliphatic carbocycles. The third-order valence-corrected chi connectivity index (χ3v) is 1.64. The lowest BCUT2D eigenvalue weighted by Gasteiger charge is -2.02. The molecule has 0 saturated carbocycles. The zero-order chi connectivity index (χ0) is 8.81. The van der Waals surface area contributed by atoms with Gasteiger partial charge in [0, 0.05) is 13.5 Å². The first-order chi connectivity index (χ1) is 5.83. The molecule has 2 nitrogen and oxygen atoms in total. The Labute approximate surface area is 89.6 Å². The fraction of sp³-hybridized carbons (Fsp3) is 0.300. The minimum atomic E-state index is -0.0924. The Hall–Kier alpha value is -0.850. The lowest BCUT2D eigenvalue weighted by Crippen LogP contribution is -2.21. The molecule has 1 aromatic carbocycles. The van der Waals surface area contributed by atoms with Gasteiger partial charge in [-0.05, 0) is 5.56 Å². The summed E-state index contributed by atoms with van der Waals surface area (Å²) in [5.74, 6) is 0. The third kappa shape index (κ3) is 4.66. The van der Waals surface area contributed by atoms with Gasteiger partial charge in [-0.15, -0.1) is 17.0 Å². The third-order valence-electron chi connectivity index (χ3n) is 1.64. The zero-order valence-corrected chi connectivity index (χ0v) is 9.24. The van der Waals surface area contributed by atoms with E-state index in [1.54, 1.807) is 0 Å². The summed E-state index contributed by atoms with van der Waals surface area (Å²) in [6, 6.07) is 10.1. The second-order valence-electron chi connectivity index (χ2n) is 2.67. The van der Waals surface area contributed by atoms with Gasteiger partial charge in [0.15, 0.2) is 0 Å². The SMILES string of the molecule is Br.[C-]#[N+]C(C)NCc1ccccc1. The van der Waals surface area contributed by atoms with Crippen molar-refractivity contribution in [2.24, 2.45) is 0 Å². The monoisotopic (exact) mass is 240 g/mol. The van der Waals surface area contributed by atoms with Crippen molar-refractivity contribution in [3.8, 4) is 0 Å².